The van der Waals surface area contributed by atoms with Crippen LogP contribution in [0.15, 0.2) is 218 Å². The van der Waals surface area contributed by atoms with Crippen molar-refractivity contribution in [2.75, 3.05) is 53.9 Å². The van der Waals surface area contributed by atoms with Crippen molar-refractivity contribution in [1.29, 1.82) is 0 Å². The van der Waals surface area contributed by atoms with Gasteiger partial charge in [-0.2, -0.15) is 4.31 Å². The third-order valence-corrected chi connectivity index (χ3v) is 25.7. The summed E-state index contributed by atoms with van der Waals surface area (Å²) < 4.78 is 109. The van der Waals surface area contributed by atoms with E-state index in [0.717, 1.165) is 28.7 Å². The Bertz CT molecular complexity index is 8960. The van der Waals surface area contributed by atoms with E-state index in [1.54, 1.807) is 74.6 Å². The molecule has 1 amide bonds. The summed E-state index contributed by atoms with van der Waals surface area (Å²) in [5, 5.41) is 2.62. The Balaban J connectivity index is 0.000000147. The number of likely N-dealkylation sites (N-methyl/N-ethyl adjacent to an activating group) is 2. The number of H-pyrrole nitrogens is 8. The number of hydrogen-bond acceptors (Lipinski definition) is 32. The lowest BCUT2D eigenvalue weighted by Gasteiger charge is -2.19. The van der Waals surface area contributed by atoms with Crippen molar-refractivity contribution in [3.05, 3.63) is 271 Å². The number of hydrogen-bond donors (Lipinski definition) is 10. The van der Waals surface area contributed by atoms with Gasteiger partial charge in [0.1, 0.15) is 71.4 Å². The van der Waals surface area contributed by atoms with Crippen LogP contribution in [0, 0.1) is 0 Å². The molecule has 144 heavy (non-hydrogen) atoms. The molecule has 18 rings (SSSR count). The number of nitrogens with two attached hydrogens (primary N) is 1. The van der Waals surface area contributed by atoms with Crippen LogP contribution in [0.5, 0.6) is 5.75 Å². The van der Waals surface area contributed by atoms with Gasteiger partial charge in [0.25, 0.3) is 39.3 Å². The Labute approximate surface area is 812 Å². The van der Waals surface area contributed by atoms with Crippen LogP contribution < -0.4 is 83.3 Å². The minimum absolute atomic E-state index is 0.108. The molecule has 754 valence electrons. The molecule has 12 heterocycles. The zero-order valence-corrected chi connectivity index (χ0v) is 81.7. The molecule has 0 aliphatic rings. The molecular weight excluding hydrogens is 1930 g/mol. The van der Waals surface area contributed by atoms with Gasteiger partial charge < -0.3 is 49.7 Å². The van der Waals surface area contributed by atoms with Gasteiger partial charge in [-0.1, -0.05) is 76.2 Å². The maximum Gasteiger partial charge on any atom is 0.332 e. The number of ether oxygens (including phenoxy) is 1. The van der Waals surface area contributed by atoms with Crippen molar-refractivity contribution < 1.29 is 43.9 Å². The fourth-order valence-electron chi connectivity index (χ4n) is 14.8. The average molecular weight is 2030 g/mol. The second-order valence-electron chi connectivity index (χ2n) is 32.4. The second kappa shape index (κ2) is 44.5. The number of para-hydroxylation sites is 4. The van der Waals surface area contributed by atoms with Gasteiger partial charge in [0.05, 0.1) is 36.8 Å². The van der Waals surface area contributed by atoms with Gasteiger partial charge in [-0.05, 0) is 151 Å². The van der Waals surface area contributed by atoms with Crippen molar-refractivity contribution in [3.63, 3.8) is 0 Å². The Morgan fingerprint density at radius 2 is 0.729 bits per heavy atom. The lowest BCUT2D eigenvalue weighted by molar-refractivity contribution is -0.123. The second-order valence-corrected chi connectivity index (χ2v) is 37.2. The number of imidazole rings is 4. The van der Waals surface area contributed by atoms with Crippen LogP contribution in [0.25, 0.3) is 135 Å². The van der Waals surface area contributed by atoms with Gasteiger partial charge in [0, 0.05) is 109 Å². The number of aromatic nitrogens is 24. The first kappa shape index (κ1) is 105. The van der Waals surface area contributed by atoms with E-state index in [1.807, 2.05) is 77.9 Å². The summed E-state index contributed by atoms with van der Waals surface area (Å²) in [4.78, 5) is 213. The number of carbonyl (C=O) groups is 1. The lowest BCUT2D eigenvalue weighted by atomic mass is 10.2. The Kier molecular flexibility index (Phi) is 32.4. The van der Waals surface area contributed by atoms with Crippen LogP contribution >= 0.6 is 0 Å². The molecule has 0 bridgehead atoms. The van der Waals surface area contributed by atoms with E-state index in [-0.39, 0.29) is 107 Å². The summed E-state index contributed by atoms with van der Waals surface area (Å²) in [6.45, 7) is 15.1. The van der Waals surface area contributed by atoms with E-state index in [1.165, 1.54) is 98.9 Å². The number of nitrogens with zero attached hydrogens (tertiary/aromatic N) is 18. The number of sulfonamides is 1. The Morgan fingerprint density at radius 1 is 0.389 bits per heavy atom. The number of amides is 1. The molecule has 0 unspecified atom stereocenters. The summed E-state index contributed by atoms with van der Waals surface area (Å²) in [6.07, 6.45) is 2.71. The molecule has 50 nitrogen and oxygen atoms in total. The van der Waals surface area contributed by atoms with Gasteiger partial charge in [0.2, 0.25) is 10.0 Å². The summed E-state index contributed by atoms with van der Waals surface area (Å²) in [5.74, 6) is 1.75. The third kappa shape index (κ3) is 22.9. The van der Waals surface area contributed by atoms with Crippen molar-refractivity contribution in [2.45, 2.75) is 121 Å². The molecule has 0 aliphatic carbocycles. The van der Waals surface area contributed by atoms with E-state index < -0.39 is 80.8 Å². The molecule has 11 N–H and O–H groups in total. The Morgan fingerprint density at radius 3 is 1.10 bits per heavy atom. The summed E-state index contributed by atoms with van der Waals surface area (Å²) in [6, 6.07) is 37.9. The molecule has 53 heteroatoms. The van der Waals surface area contributed by atoms with Crippen molar-refractivity contribution in [3.8, 4) is 51.3 Å². The van der Waals surface area contributed by atoms with E-state index in [4.69, 9.17) is 10.5 Å². The number of aryl methyl sites for hydroxylation is 4. The van der Waals surface area contributed by atoms with Gasteiger partial charge in [-0.15, -0.1) is 0 Å². The number of rotatable bonds is 26. The highest BCUT2D eigenvalue weighted by molar-refractivity contribution is 7.89. The maximum atomic E-state index is 12.9. The number of nitrogens with one attached hydrogen (secondary N) is 9. The molecule has 12 aromatic heterocycles. The van der Waals surface area contributed by atoms with Crippen LogP contribution in [0.3, 0.4) is 0 Å². The third-order valence-electron chi connectivity index (χ3n) is 22.1. The summed E-state index contributed by atoms with van der Waals surface area (Å²) in [5.41, 5.74) is 7.25. The largest absolute Gasteiger partial charge is 0.744 e. The fraction of sp³-hybridized carbons (Fsp3) is 0.286. The van der Waals surface area contributed by atoms with Crippen LogP contribution in [0.2, 0.25) is 0 Å². The highest BCUT2D eigenvalue weighted by Crippen LogP contribution is 2.27. The van der Waals surface area contributed by atoms with E-state index >= 15 is 0 Å². The SMILES string of the molecule is CCCn1c(=O)c2[nH]c(-c3ccc(S(=O)(=O)N(C)CCN(C)C)cc3)nc2n(CCC)c1=O.CCCn1c(=O)c2[nH]c(-c3ccc(S(=O)(=O)[O-])cc3)nc2n(CCC)c1=O.CCn1c(=O)c2[nH]c(-c3ccc(OCC(=O)NCCN)cc3)nc2n(CC)c1=O.Cn1c(=O)c2[nH]c(-c3ccc(S(=O)(=O)[O-])cc3)nc2n(C)c1=O.O=c1[nH]c(=O)c2nc3ccccc3nc2[nH]1.O=c1[nH]c(=O)c2nc3ccccc3nc2[nH]1. The minimum Gasteiger partial charge on any atom is -0.744 e. The van der Waals surface area contributed by atoms with E-state index in [9.17, 15) is 96.7 Å². The Hall–Kier alpha value is -16.6. The highest BCUT2D eigenvalue weighted by atomic mass is 32.2. The fourth-order valence-corrected chi connectivity index (χ4v) is 16.9. The standard InChI is InChI=1S/C22H32N6O4S.C19H24N6O4.C17H20N4O5S.C13H12N4O5S.2C10H6N4O2/c1-6-12-27-20-18(21(29)28(13-7-2)22(27)30)23-19(24-20)16-8-10-17(11-9-16)33(31,32)26(5)15-14-25(3)4;1-3-24-17-15(18(27)25(4-2)19(24)28)22-16(23-17)12-5-7-13(8-6-12)29-11-14(26)21-10-9-20;1-3-9-20-15-13(16(22)21(10-4-2)17(20)23)18-14(19-15)11-5-7-12(8-6-11)27(24,25)26;1-16-11-9(12(18)17(2)13(16)19)14-10(15-11)7-3-5-8(6-4-7)23(20,21)22;2*15-9-7-8(13-10(16)14-9)12-6-4-2-1-3-5(6)11-7/h8-11H,6-7,12-15H2,1-5H3,(H,23,24);5-8H,3-4,9-11,20H2,1-2H3,(H,21,26)(H,22,23);5-8H,3-4,9-10H2,1-2H3,(H,18,19)(H,24,25,26);3-6H,1-2H3,(H,14,15)(H,20,21,22);2*1-4H,(H2,12,13,14,15,16)/p-2. The maximum absolute atomic E-state index is 12.9. The van der Waals surface area contributed by atoms with Crippen molar-refractivity contribution >= 4 is 125 Å². The zero-order chi connectivity index (χ0) is 104. The first-order chi connectivity index (χ1) is 68.5. The van der Waals surface area contributed by atoms with Crippen LogP contribution in [-0.2, 0) is 88.4 Å². The lowest BCUT2D eigenvalue weighted by Crippen LogP contribution is -2.40. The normalized spacial score (nSPS) is 11.6. The van der Waals surface area contributed by atoms with Gasteiger partial charge >= 0.3 is 34.1 Å². The predicted molar refractivity (Wildman–Crippen MR) is 533 cm³/mol. The first-order valence-corrected chi connectivity index (χ1v) is 49.0. The predicted octanol–water partition coefficient (Wildman–Crippen LogP) is 2.73. The molecule has 6 aromatic carbocycles. The molecule has 0 atom stereocenters. The summed E-state index contributed by atoms with van der Waals surface area (Å²) in [7, 11) is -4.51. The highest BCUT2D eigenvalue weighted by Gasteiger charge is 2.26. The van der Waals surface area contributed by atoms with Crippen LogP contribution in [0.1, 0.15) is 67.2 Å². The number of aromatic amines is 8. The minimum atomic E-state index is -4.54. The average Bonchev–Trinajstić information content (AvgIpc) is 1.62. The smallest absolute Gasteiger partial charge is 0.332 e. The topological polar surface area (TPSA) is 693 Å². The molecule has 0 radical (unpaired) electrons. The molecule has 0 aliphatic heterocycles. The van der Waals surface area contributed by atoms with Gasteiger partial charge in [0.15, 0.2) is 51.5 Å². The molecule has 0 saturated carbocycles. The van der Waals surface area contributed by atoms with Crippen molar-refractivity contribution in [1.82, 2.24) is 131 Å². The summed E-state index contributed by atoms with van der Waals surface area (Å²) >= 11 is 0. The zero-order valence-electron chi connectivity index (χ0n) is 79.3. The first-order valence-electron chi connectivity index (χ1n) is 44.7. The number of carbonyl (C=O) groups excluding carboxylic acids is 1. The molecule has 0 spiro atoms. The number of fused-ring (bicyclic) bond motifs is 8. The van der Waals surface area contributed by atoms with Gasteiger partial charge in [-0.25, -0.2) is 93.9 Å². The molecule has 0 saturated heterocycles. The van der Waals surface area contributed by atoms with Crippen LogP contribution in [0.4, 0.5) is 0 Å². The molecule has 18 aromatic rings. The van der Waals surface area contributed by atoms with Crippen molar-refractivity contribution in [2.24, 2.45) is 19.8 Å². The van der Waals surface area contributed by atoms with E-state index in [2.05, 4.69) is 85.1 Å². The quantitative estimate of drug-likeness (QED) is 0.0275. The molecule has 0 fully saturated rings. The molecular formula is C91H98N28O22S3-2. The van der Waals surface area contributed by atoms with Crippen LogP contribution in [-0.4, -0.2) is 220 Å². The van der Waals surface area contributed by atoms with E-state index in [0.29, 0.717) is 157 Å². The monoisotopic (exact) mass is 2030 g/mol. The van der Waals surface area contributed by atoms with Gasteiger partial charge in [-0.3, -0.25) is 90.0 Å². The number of benzene rings is 6.